The van der Waals surface area contributed by atoms with E-state index in [0.29, 0.717) is 30.1 Å². The lowest BCUT2D eigenvalue weighted by atomic mass is 9.80. The second-order valence-electron chi connectivity index (χ2n) is 5.60. The standard InChI is InChI=1S/C16H19NO4/c1-19-14-4-3-11(9-15(14)20-2)13-10-16(21-17-13)7-5-12(18)6-8-16/h3-4,9H,5-8,10H2,1-2H3. The number of benzene rings is 1. The van der Waals surface area contributed by atoms with E-state index in [1.54, 1.807) is 14.2 Å². The van der Waals surface area contributed by atoms with Crippen LogP contribution in [0.2, 0.25) is 0 Å². The molecule has 112 valence electrons. The summed E-state index contributed by atoms with van der Waals surface area (Å²) >= 11 is 0. The van der Waals surface area contributed by atoms with E-state index in [1.165, 1.54) is 0 Å². The van der Waals surface area contributed by atoms with Crippen molar-refractivity contribution in [2.45, 2.75) is 37.7 Å². The first-order valence-corrected chi connectivity index (χ1v) is 7.15. The average Bonchev–Trinajstić information content (AvgIpc) is 2.94. The highest BCUT2D eigenvalue weighted by molar-refractivity contribution is 6.02. The van der Waals surface area contributed by atoms with Crippen molar-refractivity contribution in [1.82, 2.24) is 0 Å². The predicted octanol–water partition coefficient (Wildman–Crippen LogP) is 2.71. The largest absolute Gasteiger partial charge is 0.493 e. The van der Waals surface area contributed by atoms with Gasteiger partial charge in [-0.2, -0.15) is 0 Å². The van der Waals surface area contributed by atoms with Crippen LogP contribution in [0.5, 0.6) is 11.5 Å². The van der Waals surface area contributed by atoms with Gasteiger partial charge in [-0.05, 0) is 31.0 Å². The van der Waals surface area contributed by atoms with Crippen LogP contribution in [-0.4, -0.2) is 31.3 Å². The fraction of sp³-hybridized carbons (Fsp3) is 0.500. The fourth-order valence-electron chi connectivity index (χ4n) is 2.94. The number of ether oxygens (including phenoxy) is 2. The third-order valence-corrected chi connectivity index (χ3v) is 4.27. The Morgan fingerprint density at radius 1 is 1.14 bits per heavy atom. The third-order valence-electron chi connectivity index (χ3n) is 4.27. The zero-order chi connectivity index (χ0) is 14.9. The van der Waals surface area contributed by atoms with Crippen LogP contribution in [0.1, 0.15) is 37.7 Å². The van der Waals surface area contributed by atoms with E-state index in [4.69, 9.17) is 14.3 Å². The number of rotatable bonds is 3. The summed E-state index contributed by atoms with van der Waals surface area (Å²) in [5.74, 6) is 1.69. The summed E-state index contributed by atoms with van der Waals surface area (Å²) in [5, 5.41) is 4.25. The Morgan fingerprint density at radius 3 is 2.52 bits per heavy atom. The van der Waals surface area contributed by atoms with Crippen molar-refractivity contribution in [2.75, 3.05) is 14.2 Å². The highest BCUT2D eigenvalue weighted by Gasteiger charge is 2.42. The quantitative estimate of drug-likeness (QED) is 0.858. The third kappa shape index (κ3) is 2.60. The zero-order valence-corrected chi connectivity index (χ0v) is 12.3. The molecule has 21 heavy (non-hydrogen) atoms. The van der Waals surface area contributed by atoms with Crippen LogP contribution in [0, 0.1) is 0 Å². The number of ketones is 1. The SMILES string of the molecule is COc1ccc(C2=NOC3(CCC(=O)CC3)C2)cc1OC. The Hall–Kier alpha value is -2.04. The Morgan fingerprint density at radius 2 is 1.86 bits per heavy atom. The zero-order valence-electron chi connectivity index (χ0n) is 12.3. The van der Waals surface area contributed by atoms with Crippen LogP contribution >= 0.6 is 0 Å². The highest BCUT2D eigenvalue weighted by Crippen LogP contribution is 2.39. The average molecular weight is 289 g/mol. The minimum atomic E-state index is -0.281. The molecule has 1 spiro atoms. The summed E-state index contributed by atoms with van der Waals surface area (Å²) in [6, 6.07) is 5.73. The summed E-state index contributed by atoms with van der Waals surface area (Å²) < 4.78 is 10.6. The number of carbonyl (C=O) groups is 1. The van der Waals surface area contributed by atoms with Gasteiger partial charge in [-0.3, -0.25) is 4.79 Å². The van der Waals surface area contributed by atoms with Crippen molar-refractivity contribution in [1.29, 1.82) is 0 Å². The van der Waals surface area contributed by atoms with Gasteiger partial charge in [0.1, 0.15) is 11.4 Å². The highest BCUT2D eigenvalue weighted by atomic mass is 16.7. The van der Waals surface area contributed by atoms with Gasteiger partial charge in [0, 0.05) is 24.8 Å². The normalized spacial score (nSPS) is 20.1. The van der Waals surface area contributed by atoms with E-state index in [2.05, 4.69) is 5.16 Å². The fourth-order valence-corrected chi connectivity index (χ4v) is 2.94. The second-order valence-corrected chi connectivity index (χ2v) is 5.60. The molecule has 0 atom stereocenters. The molecule has 0 bridgehead atoms. The molecule has 5 heteroatoms. The van der Waals surface area contributed by atoms with Crippen LogP contribution in [0.4, 0.5) is 0 Å². The van der Waals surface area contributed by atoms with Gasteiger partial charge in [-0.15, -0.1) is 0 Å². The summed E-state index contributed by atoms with van der Waals surface area (Å²) in [6.07, 6.45) is 3.44. The number of oxime groups is 1. The van der Waals surface area contributed by atoms with Crippen LogP contribution in [-0.2, 0) is 9.63 Å². The van der Waals surface area contributed by atoms with Gasteiger partial charge < -0.3 is 14.3 Å². The summed E-state index contributed by atoms with van der Waals surface area (Å²) in [7, 11) is 3.23. The molecule has 0 N–H and O–H groups in total. The van der Waals surface area contributed by atoms with Gasteiger partial charge in [-0.1, -0.05) is 5.16 Å². The first-order valence-electron chi connectivity index (χ1n) is 7.15. The number of hydrogen-bond donors (Lipinski definition) is 0. The van der Waals surface area contributed by atoms with E-state index in [0.717, 1.165) is 30.5 Å². The molecule has 5 nitrogen and oxygen atoms in total. The van der Waals surface area contributed by atoms with E-state index >= 15 is 0 Å². The molecule has 1 heterocycles. The number of hydrogen-bond acceptors (Lipinski definition) is 5. The molecular weight excluding hydrogens is 270 g/mol. The molecule has 2 aliphatic rings. The summed E-state index contributed by atoms with van der Waals surface area (Å²) in [6.45, 7) is 0. The van der Waals surface area contributed by atoms with Gasteiger partial charge >= 0.3 is 0 Å². The lowest BCUT2D eigenvalue weighted by Gasteiger charge is -2.29. The number of Topliss-reactive ketones (excluding diaryl/α,β-unsaturated/α-hetero) is 1. The Balaban J connectivity index is 1.78. The van der Waals surface area contributed by atoms with Gasteiger partial charge in [-0.25, -0.2) is 0 Å². The summed E-state index contributed by atoms with van der Waals surface area (Å²) in [5.41, 5.74) is 1.60. The molecule has 1 aromatic carbocycles. The molecule has 1 saturated carbocycles. The topological polar surface area (TPSA) is 57.1 Å². The Bertz CT molecular complexity index is 584. The smallest absolute Gasteiger partial charge is 0.161 e. The monoisotopic (exact) mass is 289 g/mol. The molecule has 0 radical (unpaired) electrons. The van der Waals surface area contributed by atoms with E-state index < -0.39 is 0 Å². The molecule has 0 saturated heterocycles. The van der Waals surface area contributed by atoms with Crippen LogP contribution in [0.25, 0.3) is 0 Å². The lowest BCUT2D eigenvalue weighted by molar-refractivity contribution is -0.127. The number of methoxy groups -OCH3 is 2. The van der Waals surface area contributed by atoms with Gasteiger partial charge in [0.05, 0.1) is 19.9 Å². The molecule has 1 aliphatic heterocycles. The molecule has 0 unspecified atom stereocenters. The molecule has 1 aromatic rings. The first-order chi connectivity index (χ1) is 10.2. The molecule has 3 rings (SSSR count). The molecule has 0 aromatic heterocycles. The Kier molecular flexibility index (Phi) is 3.57. The van der Waals surface area contributed by atoms with Crippen LogP contribution < -0.4 is 9.47 Å². The maximum Gasteiger partial charge on any atom is 0.161 e. The number of nitrogens with zero attached hydrogens (tertiary/aromatic N) is 1. The molecule has 0 amide bonds. The number of carbonyl (C=O) groups excluding carboxylic acids is 1. The second kappa shape index (κ2) is 5.39. The minimum Gasteiger partial charge on any atom is -0.493 e. The Labute approximate surface area is 123 Å². The first kappa shape index (κ1) is 13.9. The van der Waals surface area contributed by atoms with Crippen molar-refractivity contribution >= 4 is 11.5 Å². The van der Waals surface area contributed by atoms with Crippen molar-refractivity contribution < 1.29 is 19.1 Å². The van der Waals surface area contributed by atoms with Crippen molar-refractivity contribution in [3.8, 4) is 11.5 Å². The predicted molar refractivity (Wildman–Crippen MR) is 78.0 cm³/mol. The van der Waals surface area contributed by atoms with E-state index in [9.17, 15) is 4.79 Å². The summed E-state index contributed by atoms with van der Waals surface area (Å²) in [4.78, 5) is 17.1. The van der Waals surface area contributed by atoms with Crippen molar-refractivity contribution in [3.05, 3.63) is 23.8 Å². The molecule has 1 fully saturated rings. The molecular formula is C16H19NO4. The maximum atomic E-state index is 11.4. The van der Waals surface area contributed by atoms with Crippen LogP contribution in [0.3, 0.4) is 0 Å². The van der Waals surface area contributed by atoms with Gasteiger partial charge in [0.2, 0.25) is 0 Å². The minimum absolute atomic E-state index is 0.281. The van der Waals surface area contributed by atoms with Gasteiger partial charge in [0.25, 0.3) is 0 Å². The van der Waals surface area contributed by atoms with Crippen molar-refractivity contribution in [3.63, 3.8) is 0 Å². The van der Waals surface area contributed by atoms with E-state index in [1.807, 2.05) is 18.2 Å². The maximum absolute atomic E-state index is 11.4. The van der Waals surface area contributed by atoms with Crippen molar-refractivity contribution in [2.24, 2.45) is 5.16 Å². The van der Waals surface area contributed by atoms with E-state index in [-0.39, 0.29) is 5.60 Å². The molecule has 1 aliphatic carbocycles. The van der Waals surface area contributed by atoms with Gasteiger partial charge in [0.15, 0.2) is 11.5 Å². The van der Waals surface area contributed by atoms with Crippen LogP contribution in [0.15, 0.2) is 23.4 Å². The lowest BCUT2D eigenvalue weighted by Crippen LogP contribution is -2.34.